The van der Waals surface area contributed by atoms with Gasteiger partial charge in [0.15, 0.2) is 0 Å². The second-order valence-corrected chi connectivity index (χ2v) is 9.67. The highest BCUT2D eigenvalue weighted by Crippen LogP contribution is 2.18. The van der Waals surface area contributed by atoms with Crippen LogP contribution in [0.15, 0.2) is 72.8 Å². The van der Waals surface area contributed by atoms with E-state index in [0.29, 0.717) is 86.7 Å². The van der Waals surface area contributed by atoms with Crippen molar-refractivity contribution in [1.82, 2.24) is 20.3 Å². The highest BCUT2D eigenvalue weighted by atomic mass is 35.5. The minimum Gasteiger partial charge on any atom is -0.378 e. The van der Waals surface area contributed by atoms with E-state index >= 15 is 0 Å². The quantitative estimate of drug-likeness (QED) is 0.110. The number of rotatable bonds is 17. The molecular weight excluding hydrogens is 575 g/mol. The molecule has 0 bridgehead atoms. The molecule has 0 aliphatic rings. The number of ether oxygens (including phenoxy) is 2. The molecule has 0 saturated carbocycles. The van der Waals surface area contributed by atoms with Crippen molar-refractivity contribution in [3.8, 4) is 0 Å². The molecule has 13 heteroatoms. The molecule has 6 N–H and O–H groups in total. The largest absolute Gasteiger partial charge is 0.378 e. The molecular formula is C30H34ClFN8O3. The molecule has 0 aliphatic heterocycles. The maximum atomic E-state index is 13.3. The minimum atomic E-state index is -0.304. The first kappa shape index (κ1) is 31.6. The Hall–Kier alpha value is -4.36. The molecule has 1 aromatic heterocycles. The van der Waals surface area contributed by atoms with Crippen LogP contribution in [0, 0.1) is 5.82 Å². The summed E-state index contributed by atoms with van der Waals surface area (Å²) in [5, 5.41) is 13.0. The Morgan fingerprint density at radius 1 is 0.744 bits per heavy atom. The van der Waals surface area contributed by atoms with Crippen LogP contribution < -0.4 is 27.0 Å². The van der Waals surface area contributed by atoms with Gasteiger partial charge in [0.25, 0.3) is 5.91 Å². The van der Waals surface area contributed by atoms with Gasteiger partial charge in [0.1, 0.15) is 5.82 Å². The zero-order valence-corrected chi connectivity index (χ0v) is 24.2. The Morgan fingerprint density at radius 2 is 1.30 bits per heavy atom. The SMILES string of the molecule is NCCOCCOCCNC(=O)c1ccc(Nc2nc(NCc3ccc(F)cc3)nc(NCc3ccc(Cl)cc3)n2)cc1. The molecule has 0 atom stereocenters. The van der Waals surface area contributed by atoms with E-state index in [-0.39, 0.29) is 11.7 Å². The first-order chi connectivity index (χ1) is 21.0. The number of carbonyl (C=O) groups excluding carboxylic acids is 1. The van der Waals surface area contributed by atoms with Crippen molar-refractivity contribution in [3.63, 3.8) is 0 Å². The monoisotopic (exact) mass is 608 g/mol. The Morgan fingerprint density at radius 3 is 1.91 bits per heavy atom. The predicted octanol–water partition coefficient (Wildman–Crippen LogP) is 4.35. The Labute approximate surface area is 254 Å². The van der Waals surface area contributed by atoms with E-state index in [1.54, 1.807) is 36.4 Å². The number of nitrogens with one attached hydrogen (secondary N) is 4. The Balaban J connectivity index is 1.36. The Bertz CT molecular complexity index is 1360. The maximum Gasteiger partial charge on any atom is 0.251 e. The van der Waals surface area contributed by atoms with Gasteiger partial charge in [-0.05, 0) is 59.7 Å². The van der Waals surface area contributed by atoms with Crippen molar-refractivity contribution < 1.29 is 18.7 Å². The van der Waals surface area contributed by atoms with E-state index in [9.17, 15) is 9.18 Å². The Kier molecular flexibility index (Phi) is 12.4. The van der Waals surface area contributed by atoms with Crippen molar-refractivity contribution in [2.45, 2.75) is 13.1 Å². The zero-order chi connectivity index (χ0) is 30.3. The lowest BCUT2D eigenvalue weighted by Gasteiger charge is -2.12. The van der Waals surface area contributed by atoms with Gasteiger partial charge in [-0.2, -0.15) is 15.0 Å². The molecule has 4 aromatic rings. The summed E-state index contributed by atoms with van der Waals surface area (Å²) >= 11 is 6.00. The van der Waals surface area contributed by atoms with Crippen LogP contribution in [0.5, 0.6) is 0 Å². The summed E-state index contributed by atoms with van der Waals surface area (Å²) < 4.78 is 24.0. The van der Waals surface area contributed by atoms with E-state index in [0.717, 1.165) is 11.1 Å². The second kappa shape index (κ2) is 16.9. The topological polar surface area (TPSA) is 148 Å². The van der Waals surface area contributed by atoms with Crippen LogP contribution in [-0.4, -0.2) is 60.4 Å². The molecule has 0 radical (unpaired) electrons. The molecule has 0 saturated heterocycles. The van der Waals surface area contributed by atoms with E-state index in [1.807, 2.05) is 24.3 Å². The van der Waals surface area contributed by atoms with Gasteiger partial charge in [-0.1, -0.05) is 35.9 Å². The van der Waals surface area contributed by atoms with Gasteiger partial charge in [0.2, 0.25) is 17.8 Å². The van der Waals surface area contributed by atoms with Crippen LogP contribution in [0.2, 0.25) is 5.02 Å². The third kappa shape index (κ3) is 11.1. The van der Waals surface area contributed by atoms with Crippen molar-refractivity contribution >= 4 is 41.0 Å². The van der Waals surface area contributed by atoms with Gasteiger partial charge in [-0.15, -0.1) is 0 Å². The first-order valence-corrected chi connectivity index (χ1v) is 14.1. The number of hydrogen-bond acceptors (Lipinski definition) is 10. The van der Waals surface area contributed by atoms with Crippen molar-refractivity contribution in [1.29, 1.82) is 0 Å². The number of aromatic nitrogens is 3. The summed E-state index contributed by atoms with van der Waals surface area (Å²) in [4.78, 5) is 25.9. The number of anilines is 4. The van der Waals surface area contributed by atoms with Crippen molar-refractivity contribution in [2.75, 3.05) is 55.5 Å². The van der Waals surface area contributed by atoms with Crippen LogP contribution in [-0.2, 0) is 22.6 Å². The van der Waals surface area contributed by atoms with Crippen LogP contribution >= 0.6 is 11.6 Å². The van der Waals surface area contributed by atoms with Crippen LogP contribution in [0.25, 0.3) is 0 Å². The summed E-state index contributed by atoms with van der Waals surface area (Å²) in [6, 6.07) is 20.5. The standard InChI is InChI=1S/C30H34ClFN8O3/c31-24-7-1-21(2-8-24)19-35-28-38-29(36-20-22-3-9-25(32)10-4-22)40-30(39-28)37-26-11-5-23(6-12-26)27(41)34-14-16-43-18-17-42-15-13-33/h1-12H,13-20,33H2,(H,34,41)(H3,35,36,37,38,39,40). The molecule has 226 valence electrons. The van der Waals surface area contributed by atoms with E-state index in [2.05, 4.69) is 36.2 Å². The van der Waals surface area contributed by atoms with Crippen LogP contribution in [0.1, 0.15) is 21.5 Å². The molecule has 0 spiro atoms. The van der Waals surface area contributed by atoms with Crippen LogP contribution in [0.4, 0.5) is 27.9 Å². The molecule has 1 heterocycles. The number of halogens is 2. The fourth-order valence-electron chi connectivity index (χ4n) is 3.73. The lowest BCUT2D eigenvalue weighted by Crippen LogP contribution is -2.27. The third-order valence-corrected chi connectivity index (χ3v) is 6.18. The number of nitrogens with zero attached hydrogens (tertiary/aromatic N) is 3. The van der Waals surface area contributed by atoms with Gasteiger partial charge in [-0.3, -0.25) is 4.79 Å². The number of hydrogen-bond donors (Lipinski definition) is 5. The number of amides is 1. The average molecular weight is 609 g/mol. The number of nitrogens with two attached hydrogens (primary N) is 1. The maximum absolute atomic E-state index is 13.3. The van der Waals surface area contributed by atoms with Crippen LogP contribution in [0.3, 0.4) is 0 Å². The fourth-order valence-corrected chi connectivity index (χ4v) is 3.86. The number of carbonyl (C=O) groups is 1. The molecule has 1 amide bonds. The van der Waals surface area contributed by atoms with Gasteiger partial charge in [0, 0.05) is 42.5 Å². The normalized spacial score (nSPS) is 10.8. The molecule has 0 aliphatic carbocycles. The minimum absolute atomic E-state index is 0.212. The smallest absolute Gasteiger partial charge is 0.251 e. The highest BCUT2D eigenvalue weighted by Gasteiger charge is 2.10. The molecule has 0 unspecified atom stereocenters. The summed E-state index contributed by atoms with van der Waals surface area (Å²) in [6.45, 7) is 3.48. The fraction of sp³-hybridized carbons (Fsp3) is 0.267. The summed E-state index contributed by atoms with van der Waals surface area (Å²) in [6.07, 6.45) is 0. The summed E-state index contributed by atoms with van der Waals surface area (Å²) in [7, 11) is 0. The highest BCUT2D eigenvalue weighted by molar-refractivity contribution is 6.30. The van der Waals surface area contributed by atoms with E-state index in [1.165, 1.54) is 12.1 Å². The summed E-state index contributed by atoms with van der Waals surface area (Å²) in [5.41, 5.74) is 8.40. The lowest BCUT2D eigenvalue weighted by atomic mass is 10.2. The third-order valence-electron chi connectivity index (χ3n) is 5.93. The predicted molar refractivity (Wildman–Crippen MR) is 165 cm³/mol. The van der Waals surface area contributed by atoms with Crippen molar-refractivity contribution in [3.05, 3.63) is 100 Å². The molecule has 4 rings (SSSR count). The van der Waals surface area contributed by atoms with Crippen molar-refractivity contribution in [2.24, 2.45) is 5.73 Å². The van der Waals surface area contributed by atoms with Gasteiger partial charge in [-0.25, -0.2) is 4.39 Å². The molecule has 11 nitrogen and oxygen atoms in total. The second-order valence-electron chi connectivity index (χ2n) is 9.24. The summed E-state index contributed by atoms with van der Waals surface area (Å²) in [5.74, 6) is 0.445. The average Bonchev–Trinajstić information content (AvgIpc) is 3.02. The van der Waals surface area contributed by atoms with E-state index in [4.69, 9.17) is 26.8 Å². The molecule has 3 aromatic carbocycles. The first-order valence-electron chi connectivity index (χ1n) is 13.7. The molecule has 0 fully saturated rings. The van der Waals surface area contributed by atoms with Gasteiger partial charge >= 0.3 is 0 Å². The van der Waals surface area contributed by atoms with Gasteiger partial charge in [0.05, 0.1) is 26.4 Å². The number of benzene rings is 3. The van der Waals surface area contributed by atoms with Gasteiger partial charge < -0.3 is 36.5 Å². The van der Waals surface area contributed by atoms with E-state index < -0.39 is 0 Å². The lowest BCUT2D eigenvalue weighted by molar-refractivity contribution is 0.0511. The zero-order valence-electron chi connectivity index (χ0n) is 23.5. The molecule has 43 heavy (non-hydrogen) atoms.